The topological polar surface area (TPSA) is 134 Å². The molecule has 0 saturated heterocycles. The minimum atomic E-state index is -0.832. The molecule has 3 aromatic rings. The Morgan fingerprint density at radius 1 is 1.03 bits per heavy atom. The maximum absolute atomic E-state index is 12.4. The van der Waals surface area contributed by atoms with E-state index < -0.39 is 30.4 Å². The largest absolute Gasteiger partial charge is 0.465 e. The summed E-state index contributed by atoms with van der Waals surface area (Å²) in [7, 11) is 1.18. The second-order valence-corrected chi connectivity index (χ2v) is 7.36. The first-order chi connectivity index (χ1) is 15.3. The van der Waals surface area contributed by atoms with Gasteiger partial charge in [0.25, 0.3) is 5.91 Å². The number of ether oxygens (including phenoxy) is 3. The summed E-state index contributed by atoms with van der Waals surface area (Å²) in [5, 5.41) is 2.57. The average Bonchev–Trinajstić information content (AvgIpc) is 3.12. The summed E-state index contributed by atoms with van der Waals surface area (Å²) in [4.78, 5) is 57.3. The smallest absolute Gasteiger partial charge is 0.359 e. The molecule has 0 aliphatic rings. The van der Waals surface area contributed by atoms with Crippen LogP contribution < -0.4 is 5.32 Å². The first-order valence-corrected chi connectivity index (χ1v) is 10.2. The molecule has 0 aliphatic carbocycles. The molecule has 0 saturated carbocycles. The maximum Gasteiger partial charge on any atom is 0.359 e. The van der Waals surface area contributed by atoms with Crippen LogP contribution in [-0.2, 0) is 19.0 Å². The molecule has 11 heteroatoms. The highest BCUT2D eigenvalue weighted by molar-refractivity contribution is 7.18. The Morgan fingerprint density at radius 3 is 2.44 bits per heavy atom. The van der Waals surface area contributed by atoms with Crippen LogP contribution in [0.2, 0.25) is 0 Å². The van der Waals surface area contributed by atoms with Crippen LogP contribution in [0.15, 0.2) is 30.5 Å². The van der Waals surface area contributed by atoms with Crippen molar-refractivity contribution in [3.8, 4) is 0 Å². The molecule has 0 radical (unpaired) electrons. The molecule has 32 heavy (non-hydrogen) atoms. The molecule has 3 rings (SSSR count). The maximum atomic E-state index is 12.4. The van der Waals surface area contributed by atoms with Crippen molar-refractivity contribution >= 4 is 51.2 Å². The van der Waals surface area contributed by atoms with Gasteiger partial charge in [0.15, 0.2) is 12.3 Å². The van der Waals surface area contributed by atoms with Crippen molar-refractivity contribution in [2.24, 2.45) is 0 Å². The fourth-order valence-electron chi connectivity index (χ4n) is 2.76. The standard InChI is InChI=1S/C21H19N3O7S/c1-4-30-21(28)17-11(2)16(20(27)29-3)18(32-17)24-15(25)10-31-19(26)14-9-22-12-7-5-6-8-13(12)23-14/h5-9H,4,10H2,1-3H3,(H,24,25). The van der Waals surface area contributed by atoms with Crippen LogP contribution in [-0.4, -0.2) is 54.1 Å². The third kappa shape index (κ3) is 4.89. The van der Waals surface area contributed by atoms with Gasteiger partial charge < -0.3 is 19.5 Å². The van der Waals surface area contributed by atoms with Crippen LogP contribution in [0, 0.1) is 6.92 Å². The third-order valence-corrected chi connectivity index (χ3v) is 5.43. The van der Waals surface area contributed by atoms with Crippen molar-refractivity contribution in [1.82, 2.24) is 9.97 Å². The summed E-state index contributed by atoms with van der Waals surface area (Å²) in [5.41, 5.74) is 1.42. The van der Waals surface area contributed by atoms with Crippen molar-refractivity contribution in [3.63, 3.8) is 0 Å². The molecular formula is C21H19N3O7S. The normalized spacial score (nSPS) is 10.5. The minimum absolute atomic E-state index is 0.0284. The van der Waals surface area contributed by atoms with E-state index in [1.165, 1.54) is 13.3 Å². The van der Waals surface area contributed by atoms with Crippen molar-refractivity contribution in [1.29, 1.82) is 0 Å². The summed E-state index contributed by atoms with van der Waals surface area (Å²) in [6, 6.07) is 6.99. The highest BCUT2D eigenvalue weighted by Gasteiger charge is 2.27. The Bertz CT molecular complexity index is 1210. The Labute approximate surface area is 186 Å². The van der Waals surface area contributed by atoms with Gasteiger partial charge in [-0.3, -0.25) is 9.78 Å². The number of thiophene rings is 1. The Kier molecular flexibility index (Phi) is 7.11. The first kappa shape index (κ1) is 22.8. The van der Waals surface area contributed by atoms with E-state index in [2.05, 4.69) is 15.3 Å². The number of aromatic nitrogens is 2. The molecule has 1 aromatic carbocycles. The number of hydrogen-bond acceptors (Lipinski definition) is 10. The summed E-state index contributed by atoms with van der Waals surface area (Å²) in [6.45, 7) is 2.71. The third-order valence-electron chi connectivity index (χ3n) is 4.24. The second kappa shape index (κ2) is 9.96. The Morgan fingerprint density at radius 2 is 1.75 bits per heavy atom. The monoisotopic (exact) mass is 457 g/mol. The summed E-state index contributed by atoms with van der Waals surface area (Å²) >= 11 is 0.868. The van der Waals surface area contributed by atoms with Gasteiger partial charge in [-0.2, -0.15) is 0 Å². The van der Waals surface area contributed by atoms with E-state index in [1.807, 2.05) is 0 Å². The number of carbonyl (C=O) groups is 4. The summed E-state index contributed by atoms with van der Waals surface area (Å²) in [5.74, 6) is -2.90. The highest BCUT2D eigenvalue weighted by atomic mass is 32.1. The van der Waals surface area contributed by atoms with Gasteiger partial charge >= 0.3 is 17.9 Å². The van der Waals surface area contributed by atoms with Crippen LogP contribution in [0.25, 0.3) is 11.0 Å². The fraction of sp³-hybridized carbons (Fsp3) is 0.238. The van der Waals surface area contributed by atoms with Crippen molar-refractivity contribution in [2.45, 2.75) is 13.8 Å². The second-order valence-electron chi connectivity index (χ2n) is 6.34. The number of amides is 1. The molecule has 2 aromatic heterocycles. The number of nitrogens with zero attached hydrogens (tertiary/aromatic N) is 2. The molecule has 0 unspecified atom stereocenters. The van der Waals surface area contributed by atoms with Crippen molar-refractivity contribution in [3.05, 3.63) is 52.2 Å². The predicted octanol–water partition coefficient (Wildman–Crippen LogP) is 2.76. The molecule has 1 N–H and O–H groups in total. The Hall–Kier alpha value is -3.86. The van der Waals surface area contributed by atoms with E-state index in [9.17, 15) is 19.2 Å². The van der Waals surface area contributed by atoms with E-state index in [1.54, 1.807) is 38.1 Å². The summed E-state index contributed by atoms with van der Waals surface area (Å²) < 4.78 is 14.7. The lowest BCUT2D eigenvalue weighted by molar-refractivity contribution is -0.119. The zero-order valence-corrected chi connectivity index (χ0v) is 18.3. The molecule has 0 atom stereocenters. The molecule has 1 amide bonds. The number of para-hydroxylation sites is 2. The Balaban J connectivity index is 1.72. The van der Waals surface area contributed by atoms with Gasteiger partial charge in [0.05, 0.1) is 36.5 Å². The lowest BCUT2D eigenvalue weighted by atomic mass is 10.1. The first-order valence-electron chi connectivity index (χ1n) is 9.43. The number of benzene rings is 1. The molecule has 0 fully saturated rings. The van der Waals surface area contributed by atoms with Crippen LogP contribution >= 0.6 is 11.3 Å². The van der Waals surface area contributed by atoms with Crippen LogP contribution in [0.5, 0.6) is 0 Å². The molecule has 0 spiro atoms. The van der Waals surface area contributed by atoms with Crippen molar-refractivity contribution < 1.29 is 33.4 Å². The number of methoxy groups -OCH3 is 1. The lowest BCUT2D eigenvalue weighted by Crippen LogP contribution is -2.22. The van der Waals surface area contributed by atoms with Gasteiger partial charge in [0, 0.05) is 0 Å². The van der Waals surface area contributed by atoms with Gasteiger partial charge in [-0.25, -0.2) is 19.4 Å². The number of hydrogen-bond donors (Lipinski definition) is 1. The van der Waals surface area contributed by atoms with Gasteiger partial charge in [0.2, 0.25) is 0 Å². The van der Waals surface area contributed by atoms with Gasteiger partial charge in [-0.05, 0) is 31.5 Å². The zero-order valence-electron chi connectivity index (χ0n) is 17.5. The number of anilines is 1. The molecular weight excluding hydrogens is 438 g/mol. The van der Waals surface area contributed by atoms with Crippen LogP contribution in [0.3, 0.4) is 0 Å². The number of rotatable bonds is 7. The lowest BCUT2D eigenvalue weighted by Gasteiger charge is -2.07. The molecule has 0 aliphatic heterocycles. The van der Waals surface area contributed by atoms with Gasteiger partial charge in [-0.1, -0.05) is 12.1 Å². The quantitative estimate of drug-likeness (QED) is 0.420. The fourth-order valence-corrected chi connectivity index (χ4v) is 3.87. The van der Waals surface area contributed by atoms with Crippen LogP contribution in [0.1, 0.15) is 43.0 Å². The number of nitrogens with one attached hydrogen (secondary N) is 1. The van der Waals surface area contributed by atoms with E-state index in [0.717, 1.165) is 11.3 Å². The van der Waals surface area contributed by atoms with Gasteiger partial charge in [0.1, 0.15) is 9.88 Å². The predicted molar refractivity (Wildman–Crippen MR) is 115 cm³/mol. The molecule has 10 nitrogen and oxygen atoms in total. The molecule has 2 heterocycles. The van der Waals surface area contributed by atoms with Gasteiger partial charge in [-0.15, -0.1) is 11.3 Å². The summed E-state index contributed by atoms with van der Waals surface area (Å²) in [6.07, 6.45) is 1.26. The number of carbonyl (C=O) groups excluding carboxylic acids is 4. The number of fused-ring (bicyclic) bond motifs is 1. The number of esters is 3. The van der Waals surface area contributed by atoms with E-state index in [0.29, 0.717) is 16.6 Å². The zero-order chi connectivity index (χ0) is 23.3. The van der Waals surface area contributed by atoms with E-state index in [4.69, 9.17) is 14.2 Å². The SMILES string of the molecule is CCOC(=O)c1sc(NC(=O)COC(=O)c2cnc3ccccc3n2)c(C(=O)OC)c1C. The minimum Gasteiger partial charge on any atom is -0.465 e. The van der Waals surface area contributed by atoms with Crippen LogP contribution in [0.4, 0.5) is 5.00 Å². The van der Waals surface area contributed by atoms with E-state index >= 15 is 0 Å². The average molecular weight is 457 g/mol. The molecule has 166 valence electrons. The molecule has 0 bridgehead atoms. The highest BCUT2D eigenvalue weighted by Crippen LogP contribution is 2.34. The van der Waals surface area contributed by atoms with Crippen molar-refractivity contribution in [2.75, 3.05) is 25.6 Å². The van der Waals surface area contributed by atoms with E-state index in [-0.39, 0.29) is 27.7 Å².